The Bertz CT molecular complexity index is 929. The molecule has 5 nitrogen and oxygen atoms in total. The predicted molar refractivity (Wildman–Crippen MR) is 102 cm³/mol. The third kappa shape index (κ3) is 3.81. The van der Waals surface area contributed by atoms with Gasteiger partial charge in [-0.05, 0) is 60.5 Å². The summed E-state index contributed by atoms with van der Waals surface area (Å²) in [5, 5.41) is 0. The summed E-state index contributed by atoms with van der Waals surface area (Å²) in [5.74, 6) is -0.750. The molecule has 2 heterocycles. The van der Waals surface area contributed by atoms with Gasteiger partial charge in [0.05, 0.1) is 11.5 Å². The molecule has 4 rings (SSSR count). The average Bonchev–Trinajstić information content (AvgIpc) is 3.10. The number of hydrogen-bond donors (Lipinski definition) is 0. The van der Waals surface area contributed by atoms with Crippen molar-refractivity contribution in [2.75, 3.05) is 26.2 Å². The van der Waals surface area contributed by atoms with Gasteiger partial charge in [0.2, 0.25) is 10.0 Å². The molecular weight excluding hydrogens is 406 g/mol. The molecule has 2 aromatic carbocycles. The monoisotopic (exact) mass is 426 g/mol. The second-order valence-electron chi connectivity index (χ2n) is 6.80. The molecule has 1 spiro atoms. The fraction of sp³-hybridized carbons (Fsp3) is 0.368. The van der Waals surface area contributed by atoms with Gasteiger partial charge in [-0.25, -0.2) is 21.5 Å². The van der Waals surface area contributed by atoms with Crippen LogP contribution in [-0.2, 0) is 14.8 Å². The van der Waals surface area contributed by atoms with E-state index in [2.05, 4.69) is 4.31 Å². The summed E-state index contributed by atoms with van der Waals surface area (Å²) in [7, 11) is -3.77. The molecule has 0 saturated carbocycles. The molecule has 2 aliphatic heterocycles. The van der Waals surface area contributed by atoms with Gasteiger partial charge in [0, 0.05) is 37.4 Å². The molecule has 2 aromatic rings. The van der Waals surface area contributed by atoms with E-state index >= 15 is 0 Å². The van der Waals surface area contributed by atoms with Crippen LogP contribution in [0.3, 0.4) is 0 Å². The number of halogens is 2. The number of ether oxygens (including phenoxy) is 1. The Hall–Kier alpha value is -1.52. The zero-order chi connectivity index (χ0) is 19.8. The number of piperidine rings is 1. The molecule has 0 radical (unpaired) electrons. The standard InChI is InChI=1S/C19H20F2N2O3S2/c20-15-1-5-17(6-2-15)27-22-11-9-19(10-12-22)23(13-14-26-19)28(24,25)18-7-3-16(21)4-8-18/h1-8H,9-14H2. The summed E-state index contributed by atoms with van der Waals surface area (Å²) < 4.78 is 61.9. The van der Waals surface area contributed by atoms with E-state index in [-0.39, 0.29) is 17.3 Å². The van der Waals surface area contributed by atoms with E-state index in [1.165, 1.54) is 40.5 Å². The molecule has 0 aliphatic carbocycles. The van der Waals surface area contributed by atoms with Crippen molar-refractivity contribution in [2.24, 2.45) is 0 Å². The van der Waals surface area contributed by atoms with E-state index in [1.807, 2.05) is 0 Å². The number of sulfonamides is 1. The maximum atomic E-state index is 13.2. The van der Waals surface area contributed by atoms with Crippen LogP contribution < -0.4 is 0 Å². The Balaban J connectivity index is 1.47. The Morgan fingerprint density at radius 2 is 1.46 bits per heavy atom. The highest BCUT2D eigenvalue weighted by molar-refractivity contribution is 7.97. The minimum Gasteiger partial charge on any atom is -0.358 e. The normalized spacial score (nSPS) is 20.6. The van der Waals surface area contributed by atoms with E-state index in [1.54, 1.807) is 12.1 Å². The van der Waals surface area contributed by atoms with Crippen LogP contribution in [0.4, 0.5) is 8.78 Å². The lowest BCUT2D eigenvalue weighted by atomic mass is 10.0. The van der Waals surface area contributed by atoms with Crippen molar-refractivity contribution in [1.29, 1.82) is 0 Å². The van der Waals surface area contributed by atoms with Crippen molar-refractivity contribution in [3.05, 3.63) is 60.2 Å². The van der Waals surface area contributed by atoms with Crippen LogP contribution in [0.1, 0.15) is 12.8 Å². The zero-order valence-corrected chi connectivity index (χ0v) is 16.7. The topological polar surface area (TPSA) is 49.9 Å². The first-order valence-electron chi connectivity index (χ1n) is 9.00. The smallest absolute Gasteiger partial charge is 0.245 e. The lowest BCUT2D eigenvalue weighted by Crippen LogP contribution is -2.53. The second-order valence-corrected chi connectivity index (χ2v) is 9.83. The highest BCUT2D eigenvalue weighted by atomic mass is 32.2. The first-order valence-corrected chi connectivity index (χ1v) is 11.2. The third-order valence-electron chi connectivity index (χ3n) is 5.07. The molecule has 0 aromatic heterocycles. The third-order valence-corrected chi connectivity index (χ3v) is 8.14. The van der Waals surface area contributed by atoms with Crippen molar-refractivity contribution >= 4 is 22.0 Å². The van der Waals surface area contributed by atoms with Gasteiger partial charge in [-0.15, -0.1) is 0 Å². The second kappa shape index (κ2) is 7.72. The molecule has 0 unspecified atom stereocenters. The summed E-state index contributed by atoms with van der Waals surface area (Å²) in [6.45, 7) is 1.89. The van der Waals surface area contributed by atoms with Crippen molar-refractivity contribution in [2.45, 2.75) is 28.4 Å². The van der Waals surface area contributed by atoms with E-state index < -0.39 is 21.6 Å². The summed E-state index contributed by atoms with van der Waals surface area (Å²) in [6, 6.07) is 11.2. The van der Waals surface area contributed by atoms with Gasteiger partial charge in [0.25, 0.3) is 0 Å². The summed E-state index contributed by atoms with van der Waals surface area (Å²) in [5.41, 5.74) is -0.868. The maximum Gasteiger partial charge on any atom is 0.245 e. The first-order chi connectivity index (χ1) is 13.4. The van der Waals surface area contributed by atoms with Crippen molar-refractivity contribution < 1.29 is 21.9 Å². The van der Waals surface area contributed by atoms with Crippen molar-refractivity contribution in [3.63, 3.8) is 0 Å². The van der Waals surface area contributed by atoms with Gasteiger partial charge in [-0.2, -0.15) is 4.31 Å². The lowest BCUT2D eigenvalue weighted by Gasteiger charge is -2.42. The molecule has 150 valence electrons. The van der Waals surface area contributed by atoms with Crippen LogP contribution in [0, 0.1) is 11.6 Å². The van der Waals surface area contributed by atoms with Gasteiger partial charge in [0.15, 0.2) is 0 Å². The van der Waals surface area contributed by atoms with Gasteiger partial charge in [0.1, 0.15) is 17.4 Å². The van der Waals surface area contributed by atoms with Gasteiger partial charge in [-0.1, -0.05) is 0 Å². The van der Waals surface area contributed by atoms with Gasteiger partial charge < -0.3 is 4.74 Å². The lowest BCUT2D eigenvalue weighted by molar-refractivity contribution is -0.0797. The summed E-state index contributed by atoms with van der Waals surface area (Å²) in [4.78, 5) is 1.00. The first kappa shape index (κ1) is 19.8. The Morgan fingerprint density at radius 3 is 2.07 bits per heavy atom. The molecular formula is C19H20F2N2O3S2. The van der Waals surface area contributed by atoms with E-state index in [4.69, 9.17) is 4.74 Å². The predicted octanol–water partition coefficient (Wildman–Crippen LogP) is 3.49. The fourth-order valence-corrected chi connectivity index (χ4v) is 6.28. The largest absolute Gasteiger partial charge is 0.358 e. The van der Waals surface area contributed by atoms with Crippen LogP contribution in [0.15, 0.2) is 58.3 Å². The number of hydrogen-bond acceptors (Lipinski definition) is 5. The zero-order valence-electron chi connectivity index (χ0n) is 15.1. The molecule has 28 heavy (non-hydrogen) atoms. The molecule has 0 amide bonds. The Morgan fingerprint density at radius 1 is 0.893 bits per heavy atom. The minimum absolute atomic E-state index is 0.0712. The van der Waals surface area contributed by atoms with Crippen molar-refractivity contribution in [3.8, 4) is 0 Å². The number of benzene rings is 2. The van der Waals surface area contributed by atoms with Crippen LogP contribution in [0.25, 0.3) is 0 Å². The molecule has 9 heteroatoms. The molecule has 0 bridgehead atoms. The van der Waals surface area contributed by atoms with E-state index in [0.29, 0.717) is 32.5 Å². The van der Waals surface area contributed by atoms with Crippen LogP contribution in [0.5, 0.6) is 0 Å². The van der Waals surface area contributed by atoms with Gasteiger partial charge in [-0.3, -0.25) is 0 Å². The number of rotatable bonds is 4. The maximum absolute atomic E-state index is 13.2. The fourth-order valence-electron chi connectivity index (χ4n) is 3.63. The minimum atomic E-state index is -3.77. The SMILES string of the molecule is O=S(=O)(c1ccc(F)cc1)N1CCOC12CCN(Sc1ccc(F)cc1)CC2. The number of nitrogens with zero attached hydrogens (tertiary/aromatic N) is 2. The highest BCUT2D eigenvalue weighted by Crippen LogP contribution is 2.40. The average molecular weight is 427 g/mol. The van der Waals surface area contributed by atoms with Crippen molar-refractivity contribution in [1.82, 2.24) is 8.61 Å². The van der Waals surface area contributed by atoms with Crippen LogP contribution >= 0.6 is 11.9 Å². The molecule has 2 saturated heterocycles. The summed E-state index contributed by atoms with van der Waals surface area (Å²) in [6.07, 6.45) is 1.06. The quantitative estimate of drug-likeness (QED) is 0.701. The molecule has 0 N–H and O–H groups in total. The van der Waals surface area contributed by atoms with Crippen LogP contribution in [-0.4, -0.2) is 49.0 Å². The van der Waals surface area contributed by atoms with E-state index in [0.717, 1.165) is 17.0 Å². The Labute approximate surface area is 167 Å². The molecule has 0 atom stereocenters. The van der Waals surface area contributed by atoms with Gasteiger partial charge >= 0.3 is 0 Å². The molecule has 2 aliphatic rings. The Kier molecular flexibility index (Phi) is 5.45. The highest BCUT2D eigenvalue weighted by Gasteiger charge is 2.50. The van der Waals surface area contributed by atoms with E-state index in [9.17, 15) is 17.2 Å². The molecule has 2 fully saturated rings. The van der Waals surface area contributed by atoms with Crippen LogP contribution in [0.2, 0.25) is 0 Å². The summed E-state index contributed by atoms with van der Waals surface area (Å²) >= 11 is 1.52.